The third kappa shape index (κ3) is 6.05. The number of hydrogen-bond acceptors (Lipinski definition) is 4. The van der Waals surface area contributed by atoms with Crippen molar-refractivity contribution in [2.75, 3.05) is 32.8 Å². The Labute approximate surface area is 180 Å². The molecule has 30 heavy (non-hydrogen) atoms. The Morgan fingerprint density at radius 2 is 1.90 bits per heavy atom. The van der Waals surface area contributed by atoms with Crippen LogP contribution in [0.4, 0.5) is 0 Å². The Kier molecular flexibility index (Phi) is 8.70. The van der Waals surface area contributed by atoms with Crippen LogP contribution >= 0.6 is 0 Å². The Morgan fingerprint density at radius 1 is 1.17 bits per heavy atom. The van der Waals surface area contributed by atoms with Gasteiger partial charge in [0.25, 0.3) is 11.8 Å². The second-order valence-electron chi connectivity index (χ2n) is 8.39. The van der Waals surface area contributed by atoms with Gasteiger partial charge in [0.15, 0.2) is 0 Å². The van der Waals surface area contributed by atoms with Crippen LogP contribution in [-0.4, -0.2) is 72.7 Å². The van der Waals surface area contributed by atoms with Gasteiger partial charge in [-0.25, -0.2) is 0 Å². The van der Waals surface area contributed by atoms with Gasteiger partial charge in [-0.3, -0.25) is 9.59 Å². The molecule has 0 aliphatic carbocycles. The molecule has 0 N–H and O–H groups in total. The number of rotatable bonds is 8. The highest BCUT2D eigenvalue weighted by atomic mass is 16.5. The lowest BCUT2D eigenvalue weighted by Crippen LogP contribution is -2.51. The van der Waals surface area contributed by atoms with E-state index >= 15 is 0 Å². The average molecular weight is 417 g/mol. The van der Waals surface area contributed by atoms with Gasteiger partial charge in [0.05, 0.1) is 12.7 Å². The van der Waals surface area contributed by atoms with Gasteiger partial charge in [-0.05, 0) is 57.6 Å². The molecule has 0 saturated carbocycles. The molecule has 0 spiro atoms. The highest BCUT2D eigenvalue weighted by Gasteiger charge is 2.32. The minimum Gasteiger partial charge on any atom is -0.376 e. The van der Waals surface area contributed by atoms with E-state index in [0.29, 0.717) is 19.7 Å². The van der Waals surface area contributed by atoms with Crippen molar-refractivity contribution < 1.29 is 19.1 Å². The summed E-state index contributed by atoms with van der Waals surface area (Å²) < 4.78 is 11.6. The second-order valence-corrected chi connectivity index (χ2v) is 8.39. The molecule has 6 nitrogen and oxygen atoms in total. The zero-order valence-electron chi connectivity index (χ0n) is 18.4. The quantitative estimate of drug-likeness (QED) is 0.651. The Bertz CT molecular complexity index is 667. The van der Waals surface area contributed by atoms with Gasteiger partial charge in [0.1, 0.15) is 6.10 Å². The molecule has 0 radical (unpaired) electrons. The van der Waals surface area contributed by atoms with Crippen LogP contribution in [0, 0.1) is 0 Å². The van der Waals surface area contributed by atoms with Gasteiger partial charge < -0.3 is 19.3 Å². The van der Waals surface area contributed by atoms with Gasteiger partial charge in [-0.2, -0.15) is 0 Å². The lowest BCUT2D eigenvalue weighted by Gasteiger charge is -2.39. The number of likely N-dealkylation sites (tertiary alicyclic amines) is 1. The van der Waals surface area contributed by atoms with Crippen molar-refractivity contribution in [1.29, 1.82) is 0 Å². The monoisotopic (exact) mass is 416 g/mol. The molecule has 0 bridgehead atoms. The molecule has 6 heteroatoms. The van der Waals surface area contributed by atoms with Crippen LogP contribution < -0.4 is 0 Å². The molecule has 1 aromatic carbocycles. The normalized spacial score (nSPS) is 21.3. The summed E-state index contributed by atoms with van der Waals surface area (Å²) in [7, 11) is 0. The van der Waals surface area contributed by atoms with E-state index in [1.54, 1.807) is 0 Å². The van der Waals surface area contributed by atoms with E-state index in [-0.39, 0.29) is 24.0 Å². The third-order valence-electron chi connectivity index (χ3n) is 6.11. The molecule has 2 aliphatic heterocycles. The van der Waals surface area contributed by atoms with Crippen molar-refractivity contribution in [2.24, 2.45) is 0 Å². The first-order valence-corrected chi connectivity index (χ1v) is 11.5. The van der Waals surface area contributed by atoms with Crippen LogP contribution in [0.2, 0.25) is 0 Å². The zero-order chi connectivity index (χ0) is 21.3. The summed E-state index contributed by atoms with van der Waals surface area (Å²) in [4.78, 5) is 29.7. The number of amides is 2. The number of ether oxygens (including phenoxy) is 2. The van der Waals surface area contributed by atoms with E-state index in [4.69, 9.17) is 9.47 Å². The maximum atomic E-state index is 13.1. The van der Waals surface area contributed by atoms with Crippen molar-refractivity contribution in [3.63, 3.8) is 0 Å². The lowest BCUT2D eigenvalue weighted by molar-refractivity contribution is -0.149. The fourth-order valence-corrected chi connectivity index (χ4v) is 4.35. The summed E-state index contributed by atoms with van der Waals surface area (Å²) in [6.07, 6.45) is 5.46. The SMILES string of the molecule is CCCN(C(=O)C(C)OCC1CCCCO1)C1CCN(C(=O)c2ccccc2)CC1. The number of carbonyl (C=O) groups excluding carboxylic acids is 2. The highest BCUT2D eigenvalue weighted by Crippen LogP contribution is 2.21. The van der Waals surface area contributed by atoms with Crippen molar-refractivity contribution in [2.45, 2.75) is 70.6 Å². The average Bonchev–Trinajstić information content (AvgIpc) is 2.81. The molecule has 2 amide bonds. The van der Waals surface area contributed by atoms with Crippen molar-refractivity contribution >= 4 is 11.8 Å². The minimum absolute atomic E-state index is 0.0560. The van der Waals surface area contributed by atoms with Gasteiger partial charge in [0, 0.05) is 37.8 Å². The Balaban J connectivity index is 1.51. The predicted octanol–water partition coefficient (Wildman–Crippen LogP) is 3.50. The first kappa shape index (κ1) is 22.8. The molecule has 2 heterocycles. The molecule has 2 unspecified atom stereocenters. The molecule has 3 rings (SSSR count). The largest absolute Gasteiger partial charge is 0.376 e. The number of benzene rings is 1. The van der Waals surface area contributed by atoms with Gasteiger partial charge in [-0.1, -0.05) is 25.1 Å². The van der Waals surface area contributed by atoms with Gasteiger partial charge in [0.2, 0.25) is 0 Å². The molecule has 166 valence electrons. The van der Waals surface area contributed by atoms with Crippen LogP contribution in [0.1, 0.15) is 62.7 Å². The highest BCUT2D eigenvalue weighted by molar-refractivity contribution is 5.94. The van der Waals surface area contributed by atoms with E-state index in [2.05, 4.69) is 6.92 Å². The molecule has 2 fully saturated rings. The lowest BCUT2D eigenvalue weighted by atomic mass is 10.0. The summed E-state index contributed by atoms with van der Waals surface area (Å²) in [5, 5.41) is 0. The Hall–Kier alpha value is -1.92. The van der Waals surface area contributed by atoms with E-state index in [0.717, 1.165) is 50.8 Å². The third-order valence-corrected chi connectivity index (χ3v) is 6.11. The van der Waals surface area contributed by atoms with Crippen LogP contribution in [0.15, 0.2) is 30.3 Å². The topological polar surface area (TPSA) is 59.1 Å². The Morgan fingerprint density at radius 3 is 2.53 bits per heavy atom. The van der Waals surface area contributed by atoms with E-state index in [1.807, 2.05) is 47.1 Å². The predicted molar refractivity (Wildman–Crippen MR) is 116 cm³/mol. The summed E-state index contributed by atoms with van der Waals surface area (Å²) in [5.74, 6) is 0.132. The van der Waals surface area contributed by atoms with Crippen LogP contribution in [0.25, 0.3) is 0 Å². The second kappa shape index (κ2) is 11.5. The van der Waals surface area contributed by atoms with Gasteiger partial charge in [-0.15, -0.1) is 0 Å². The fraction of sp³-hybridized carbons (Fsp3) is 0.667. The van der Waals surface area contributed by atoms with Crippen LogP contribution in [0.5, 0.6) is 0 Å². The zero-order valence-corrected chi connectivity index (χ0v) is 18.4. The standard InChI is InChI=1S/C24H36N2O4/c1-3-14-26(23(27)19(2)30-18-22-11-7-8-17-29-22)21-12-15-25(16-13-21)24(28)20-9-5-4-6-10-20/h4-6,9-10,19,21-22H,3,7-8,11-18H2,1-2H3. The van der Waals surface area contributed by atoms with Crippen LogP contribution in [0.3, 0.4) is 0 Å². The van der Waals surface area contributed by atoms with Crippen molar-refractivity contribution in [3.05, 3.63) is 35.9 Å². The summed E-state index contributed by atoms with van der Waals surface area (Å²) in [5.41, 5.74) is 0.726. The maximum Gasteiger partial charge on any atom is 0.253 e. The smallest absolute Gasteiger partial charge is 0.253 e. The fourth-order valence-electron chi connectivity index (χ4n) is 4.35. The summed E-state index contributed by atoms with van der Waals surface area (Å²) in [6, 6.07) is 9.57. The van der Waals surface area contributed by atoms with Crippen molar-refractivity contribution in [1.82, 2.24) is 9.80 Å². The van der Waals surface area contributed by atoms with E-state index in [9.17, 15) is 9.59 Å². The van der Waals surface area contributed by atoms with Gasteiger partial charge >= 0.3 is 0 Å². The van der Waals surface area contributed by atoms with Crippen LogP contribution in [-0.2, 0) is 14.3 Å². The molecule has 1 aromatic rings. The first-order valence-electron chi connectivity index (χ1n) is 11.5. The van der Waals surface area contributed by atoms with Crippen molar-refractivity contribution in [3.8, 4) is 0 Å². The minimum atomic E-state index is -0.467. The van der Waals surface area contributed by atoms with E-state index < -0.39 is 6.10 Å². The molecule has 2 aliphatic rings. The number of hydrogen-bond donors (Lipinski definition) is 0. The first-order chi connectivity index (χ1) is 14.6. The maximum absolute atomic E-state index is 13.1. The summed E-state index contributed by atoms with van der Waals surface area (Å²) in [6.45, 7) is 7.30. The van der Waals surface area contributed by atoms with E-state index in [1.165, 1.54) is 6.42 Å². The number of carbonyl (C=O) groups is 2. The molecule has 2 saturated heterocycles. The molecular formula is C24H36N2O4. The molecule has 0 aromatic heterocycles. The number of piperidine rings is 1. The molecular weight excluding hydrogens is 380 g/mol. The number of nitrogens with zero attached hydrogens (tertiary/aromatic N) is 2. The molecule has 2 atom stereocenters. The summed E-state index contributed by atoms with van der Waals surface area (Å²) >= 11 is 0.